The van der Waals surface area contributed by atoms with Crippen LogP contribution in [0.5, 0.6) is 5.75 Å². The van der Waals surface area contributed by atoms with Gasteiger partial charge in [-0.05, 0) is 49.5 Å². The number of halogens is 1. The number of sulfonamides is 1. The molecule has 0 aromatic heterocycles. The largest absolute Gasteiger partial charge is 0.490 e. The first-order valence-electron chi connectivity index (χ1n) is 8.68. The Morgan fingerprint density at radius 2 is 1.85 bits per heavy atom. The Morgan fingerprint density at radius 1 is 1.12 bits per heavy atom. The molecule has 1 saturated carbocycles. The van der Waals surface area contributed by atoms with E-state index in [0.717, 1.165) is 29.6 Å². The zero-order chi connectivity index (χ0) is 18.1. The van der Waals surface area contributed by atoms with E-state index < -0.39 is 10.0 Å². The van der Waals surface area contributed by atoms with Gasteiger partial charge in [0.25, 0.3) is 10.0 Å². The molecule has 7 heteroatoms. The second-order valence-corrected chi connectivity index (χ2v) is 8.52. The maximum Gasteiger partial charge on any atom is 0.278 e. The number of nitrogens with zero attached hydrogens (tertiary/aromatic N) is 2. The van der Waals surface area contributed by atoms with Crippen molar-refractivity contribution >= 4 is 33.0 Å². The van der Waals surface area contributed by atoms with Crippen molar-refractivity contribution in [2.45, 2.75) is 38.2 Å². The third-order valence-electron chi connectivity index (χ3n) is 4.66. The molecule has 5 nitrogen and oxygen atoms in total. The lowest BCUT2D eigenvalue weighted by Gasteiger charge is -2.26. The van der Waals surface area contributed by atoms with Gasteiger partial charge in [0.15, 0.2) is 5.84 Å². The molecule has 0 amide bonds. The van der Waals surface area contributed by atoms with E-state index in [1.165, 1.54) is 25.5 Å². The Balaban J connectivity index is 1.60. The molecule has 3 aliphatic rings. The quantitative estimate of drug-likeness (QED) is 0.767. The second kappa shape index (κ2) is 6.93. The highest BCUT2D eigenvalue weighted by molar-refractivity contribution is 7.93. The van der Waals surface area contributed by atoms with Crippen LogP contribution in [0, 0.1) is 0 Å². The van der Waals surface area contributed by atoms with E-state index in [9.17, 15) is 8.42 Å². The zero-order valence-corrected chi connectivity index (χ0v) is 15.7. The third-order valence-corrected chi connectivity index (χ3v) is 5.76. The predicted molar refractivity (Wildman–Crippen MR) is 103 cm³/mol. The van der Waals surface area contributed by atoms with E-state index in [0.29, 0.717) is 16.4 Å². The normalized spacial score (nSPS) is 22.2. The molecule has 0 spiro atoms. The van der Waals surface area contributed by atoms with E-state index in [4.69, 9.17) is 16.3 Å². The molecule has 1 aromatic carbocycles. The molecule has 0 atom stereocenters. The fourth-order valence-electron chi connectivity index (χ4n) is 3.38. The van der Waals surface area contributed by atoms with Gasteiger partial charge in [0, 0.05) is 18.0 Å². The molecule has 0 saturated heterocycles. The van der Waals surface area contributed by atoms with Crippen molar-refractivity contribution in [1.82, 2.24) is 4.90 Å². The molecule has 1 fully saturated rings. The van der Waals surface area contributed by atoms with Crippen LogP contribution >= 0.6 is 11.6 Å². The molecule has 136 valence electrons. The van der Waals surface area contributed by atoms with Gasteiger partial charge in [-0.25, -0.2) is 0 Å². The number of benzene rings is 1. The summed E-state index contributed by atoms with van der Waals surface area (Å²) in [6.07, 6.45) is 11.0. The van der Waals surface area contributed by atoms with E-state index in [1.807, 2.05) is 24.3 Å². The summed E-state index contributed by atoms with van der Waals surface area (Å²) in [6.45, 7) is 0. The van der Waals surface area contributed by atoms with Gasteiger partial charge in [0.2, 0.25) is 0 Å². The second-order valence-electron chi connectivity index (χ2n) is 6.60. The standard InChI is InChI=1S/C19H19ClN2O3S/c20-15-12-18(19-21-26(23,24)11-10-22(19)13-15)14-6-8-17(9-7-14)25-16-4-2-1-3-5-16/h6-13,16H,1-5H2. The maximum absolute atomic E-state index is 11.8. The summed E-state index contributed by atoms with van der Waals surface area (Å²) in [7, 11) is -3.61. The zero-order valence-electron chi connectivity index (χ0n) is 14.1. The van der Waals surface area contributed by atoms with Crippen LogP contribution < -0.4 is 4.74 Å². The molecule has 0 unspecified atom stereocenters. The summed E-state index contributed by atoms with van der Waals surface area (Å²) in [5.74, 6) is 1.17. The number of ether oxygens (including phenoxy) is 1. The fraction of sp³-hybridized carbons (Fsp3) is 0.316. The Hall–Kier alpha value is -2.05. The Kier molecular flexibility index (Phi) is 4.63. The van der Waals surface area contributed by atoms with Crippen LogP contribution in [0.3, 0.4) is 0 Å². The Labute approximate surface area is 158 Å². The highest BCUT2D eigenvalue weighted by Gasteiger charge is 2.25. The Bertz CT molecular complexity index is 924. The van der Waals surface area contributed by atoms with Gasteiger partial charge in [0.1, 0.15) is 5.75 Å². The van der Waals surface area contributed by atoms with Gasteiger partial charge in [0.05, 0.1) is 16.5 Å². The van der Waals surface area contributed by atoms with Gasteiger partial charge < -0.3 is 9.64 Å². The smallest absolute Gasteiger partial charge is 0.278 e. The summed E-state index contributed by atoms with van der Waals surface area (Å²) >= 11 is 6.19. The molecule has 26 heavy (non-hydrogen) atoms. The molecule has 4 rings (SSSR count). The molecule has 0 bridgehead atoms. The van der Waals surface area contributed by atoms with Crippen LogP contribution in [0.2, 0.25) is 0 Å². The number of fused-ring (bicyclic) bond motifs is 1. The van der Waals surface area contributed by atoms with Gasteiger partial charge in [-0.3, -0.25) is 0 Å². The first-order valence-corrected chi connectivity index (χ1v) is 10.6. The van der Waals surface area contributed by atoms with Crippen LogP contribution in [-0.2, 0) is 10.0 Å². The number of amidine groups is 1. The number of allylic oxidation sites excluding steroid dienone is 2. The van der Waals surface area contributed by atoms with Crippen LogP contribution in [0.4, 0.5) is 0 Å². The lowest BCUT2D eigenvalue weighted by atomic mass is 9.97. The highest BCUT2D eigenvalue weighted by Crippen LogP contribution is 2.31. The minimum Gasteiger partial charge on any atom is -0.490 e. The van der Waals surface area contributed by atoms with E-state index >= 15 is 0 Å². The van der Waals surface area contributed by atoms with Gasteiger partial charge >= 0.3 is 0 Å². The van der Waals surface area contributed by atoms with Gasteiger partial charge in [-0.15, -0.1) is 4.40 Å². The van der Waals surface area contributed by atoms with Crippen molar-refractivity contribution in [2.24, 2.45) is 4.40 Å². The first-order chi connectivity index (χ1) is 12.5. The molecule has 1 aromatic rings. The van der Waals surface area contributed by atoms with Gasteiger partial charge in [-0.2, -0.15) is 8.42 Å². The summed E-state index contributed by atoms with van der Waals surface area (Å²) in [4.78, 5) is 1.62. The summed E-state index contributed by atoms with van der Waals surface area (Å²) in [5, 5.41) is 1.56. The van der Waals surface area contributed by atoms with Crippen molar-refractivity contribution in [3.05, 3.63) is 58.7 Å². The number of hydrogen-bond acceptors (Lipinski definition) is 4. The van der Waals surface area contributed by atoms with Crippen LogP contribution in [0.25, 0.3) is 5.57 Å². The topological polar surface area (TPSA) is 59.0 Å². The lowest BCUT2D eigenvalue weighted by Crippen LogP contribution is -2.28. The predicted octanol–water partition coefficient (Wildman–Crippen LogP) is 4.39. The maximum atomic E-state index is 11.8. The molecular formula is C19H19ClN2O3S. The van der Waals surface area contributed by atoms with Crippen molar-refractivity contribution < 1.29 is 13.2 Å². The SMILES string of the molecule is O=S1(=O)C=CN2C=C(Cl)C=C(c3ccc(OC4CCCCC4)cc3)C2=N1. The fourth-order valence-corrected chi connectivity index (χ4v) is 4.37. The number of hydrogen-bond donors (Lipinski definition) is 0. The summed E-state index contributed by atoms with van der Waals surface area (Å²) in [5.41, 5.74) is 1.50. The van der Waals surface area contributed by atoms with Crippen molar-refractivity contribution in [2.75, 3.05) is 0 Å². The van der Waals surface area contributed by atoms with Crippen molar-refractivity contribution in [3.63, 3.8) is 0 Å². The molecule has 0 N–H and O–H groups in total. The average Bonchev–Trinajstić information content (AvgIpc) is 2.63. The Morgan fingerprint density at radius 3 is 2.58 bits per heavy atom. The molecule has 1 aliphatic carbocycles. The molecule has 2 aliphatic heterocycles. The molecule has 0 radical (unpaired) electrons. The monoisotopic (exact) mass is 390 g/mol. The summed E-state index contributed by atoms with van der Waals surface area (Å²) < 4.78 is 33.6. The minimum absolute atomic E-state index is 0.286. The van der Waals surface area contributed by atoms with Crippen LogP contribution in [0.1, 0.15) is 37.7 Å². The highest BCUT2D eigenvalue weighted by atomic mass is 35.5. The van der Waals surface area contributed by atoms with Crippen LogP contribution in [-0.4, -0.2) is 25.3 Å². The lowest BCUT2D eigenvalue weighted by molar-refractivity contribution is 0.155. The molecular weight excluding hydrogens is 372 g/mol. The van der Waals surface area contributed by atoms with E-state index in [-0.39, 0.29) is 6.10 Å². The third kappa shape index (κ3) is 3.71. The molecule has 2 heterocycles. The van der Waals surface area contributed by atoms with Crippen LogP contribution in [0.15, 0.2) is 57.6 Å². The van der Waals surface area contributed by atoms with Gasteiger partial charge in [-0.1, -0.05) is 30.2 Å². The van der Waals surface area contributed by atoms with E-state index in [1.54, 1.807) is 17.2 Å². The number of rotatable bonds is 3. The minimum atomic E-state index is -3.61. The first kappa shape index (κ1) is 17.4. The van der Waals surface area contributed by atoms with Crippen molar-refractivity contribution in [1.29, 1.82) is 0 Å². The van der Waals surface area contributed by atoms with Crippen molar-refractivity contribution in [3.8, 4) is 5.75 Å². The average molecular weight is 391 g/mol. The summed E-state index contributed by atoms with van der Waals surface area (Å²) in [6, 6.07) is 7.64. The van der Waals surface area contributed by atoms with E-state index in [2.05, 4.69) is 4.40 Å².